The molecule has 1 heterocycles. The molecule has 1 fully saturated rings. The first-order valence-electron chi connectivity index (χ1n) is 9.80. The summed E-state index contributed by atoms with van der Waals surface area (Å²) < 4.78 is 0. The highest BCUT2D eigenvalue weighted by Crippen LogP contribution is 2.26. The van der Waals surface area contributed by atoms with Crippen LogP contribution in [0.3, 0.4) is 0 Å². The minimum Gasteiger partial charge on any atom is -0.353 e. The van der Waals surface area contributed by atoms with Crippen molar-refractivity contribution in [1.29, 1.82) is 0 Å². The smallest absolute Gasteiger partial charge is 0.258 e. The molecular weight excluding hydrogens is 370 g/mol. The normalized spacial score (nSPS) is 14.5. The number of carbonyl (C=O) groups is 2. The highest BCUT2D eigenvalue weighted by molar-refractivity contribution is 8.00. The van der Waals surface area contributed by atoms with Crippen molar-refractivity contribution in [3.05, 3.63) is 53.2 Å². The van der Waals surface area contributed by atoms with Crippen LogP contribution in [0.4, 0.5) is 5.69 Å². The lowest BCUT2D eigenvalue weighted by Gasteiger charge is -2.22. The molecule has 28 heavy (non-hydrogen) atoms. The molecule has 1 aliphatic carbocycles. The number of thioether (sulfide) groups is 1. The average molecular weight is 398 g/mol. The van der Waals surface area contributed by atoms with E-state index >= 15 is 0 Å². The molecule has 2 amide bonds. The minimum atomic E-state index is -0.202. The number of benzene rings is 1. The maximum Gasteiger partial charge on any atom is 0.258 e. The summed E-state index contributed by atoms with van der Waals surface area (Å²) in [6.07, 6.45) is 5.74. The van der Waals surface area contributed by atoms with E-state index in [0.717, 1.165) is 29.8 Å². The molecule has 0 bridgehead atoms. The van der Waals surface area contributed by atoms with Gasteiger partial charge in [0.25, 0.3) is 5.91 Å². The predicted octanol–water partition coefficient (Wildman–Crippen LogP) is 4.49. The van der Waals surface area contributed by atoms with Crippen LogP contribution >= 0.6 is 11.8 Å². The molecule has 148 valence electrons. The van der Waals surface area contributed by atoms with E-state index in [2.05, 4.69) is 15.6 Å². The third-order valence-corrected chi connectivity index (χ3v) is 5.86. The van der Waals surface area contributed by atoms with Crippen LogP contribution in [0, 0.1) is 13.8 Å². The monoisotopic (exact) mass is 397 g/mol. The van der Waals surface area contributed by atoms with Crippen molar-refractivity contribution in [1.82, 2.24) is 10.3 Å². The molecule has 0 spiro atoms. The Morgan fingerprint density at radius 1 is 1.11 bits per heavy atom. The van der Waals surface area contributed by atoms with E-state index in [9.17, 15) is 9.59 Å². The van der Waals surface area contributed by atoms with E-state index < -0.39 is 0 Å². The molecular formula is C22H27N3O2S. The van der Waals surface area contributed by atoms with E-state index in [1.54, 1.807) is 0 Å². The molecule has 1 aromatic heterocycles. The van der Waals surface area contributed by atoms with Crippen LogP contribution in [0.1, 0.15) is 53.7 Å². The van der Waals surface area contributed by atoms with Crippen LogP contribution in [0.15, 0.2) is 41.4 Å². The predicted molar refractivity (Wildman–Crippen MR) is 114 cm³/mol. The summed E-state index contributed by atoms with van der Waals surface area (Å²) >= 11 is 1.33. The summed E-state index contributed by atoms with van der Waals surface area (Å²) in [4.78, 5) is 29.8. The van der Waals surface area contributed by atoms with Crippen molar-refractivity contribution in [3.8, 4) is 0 Å². The van der Waals surface area contributed by atoms with Crippen molar-refractivity contribution in [2.24, 2.45) is 0 Å². The van der Waals surface area contributed by atoms with E-state index in [1.807, 2.05) is 50.2 Å². The van der Waals surface area contributed by atoms with Crippen molar-refractivity contribution < 1.29 is 9.59 Å². The summed E-state index contributed by atoms with van der Waals surface area (Å²) in [6.45, 7) is 3.80. The van der Waals surface area contributed by atoms with Gasteiger partial charge in [-0.05, 0) is 50.5 Å². The number of nitrogens with one attached hydrogen (secondary N) is 2. The number of hydrogen-bond donors (Lipinski definition) is 2. The van der Waals surface area contributed by atoms with Crippen LogP contribution in [0.5, 0.6) is 0 Å². The lowest BCUT2D eigenvalue weighted by molar-refractivity contribution is -0.119. The second-order valence-corrected chi connectivity index (χ2v) is 8.24. The number of pyridine rings is 1. The number of aryl methyl sites for hydroxylation is 2. The van der Waals surface area contributed by atoms with Crippen LogP contribution in [0.2, 0.25) is 0 Å². The summed E-state index contributed by atoms with van der Waals surface area (Å²) in [5.41, 5.74) is 2.96. The summed E-state index contributed by atoms with van der Waals surface area (Å²) in [7, 11) is 0. The van der Waals surface area contributed by atoms with Gasteiger partial charge in [-0.15, -0.1) is 0 Å². The average Bonchev–Trinajstić information content (AvgIpc) is 2.67. The molecule has 1 saturated carbocycles. The third-order valence-electron chi connectivity index (χ3n) is 4.88. The molecule has 0 saturated heterocycles. The molecule has 2 aromatic rings. The highest BCUT2D eigenvalue weighted by Gasteiger charge is 2.20. The second kappa shape index (κ2) is 9.73. The lowest BCUT2D eigenvalue weighted by atomic mass is 9.95. The number of para-hydroxylation sites is 1. The van der Waals surface area contributed by atoms with E-state index in [1.165, 1.54) is 31.0 Å². The summed E-state index contributed by atoms with van der Waals surface area (Å²) in [5, 5.41) is 6.64. The quantitative estimate of drug-likeness (QED) is 0.705. The zero-order valence-corrected chi connectivity index (χ0v) is 17.3. The Bertz CT molecular complexity index is 833. The SMILES string of the molecule is Cc1cc(C)c(C(=O)Nc2ccccc2)c(SCC(=O)NC2CCCCC2)n1. The number of hydrogen-bond acceptors (Lipinski definition) is 4. The lowest BCUT2D eigenvalue weighted by Crippen LogP contribution is -2.37. The fourth-order valence-electron chi connectivity index (χ4n) is 3.55. The Balaban J connectivity index is 1.69. The van der Waals surface area contributed by atoms with E-state index in [-0.39, 0.29) is 23.6 Å². The van der Waals surface area contributed by atoms with E-state index in [0.29, 0.717) is 10.6 Å². The van der Waals surface area contributed by atoms with Gasteiger partial charge >= 0.3 is 0 Å². The Morgan fingerprint density at radius 2 is 1.82 bits per heavy atom. The van der Waals surface area contributed by atoms with Gasteiger partial charge < -0.3 is 10.6 Å². The highest BCUT2D eigenvalue weighted by atomic mass is 32.2. The topological polar surface area (TPSA) is 71.1 Å². The molecule has 0 radical (unpaired) electrons. The standard InChI is InChI=1S/C22H27N3O2S/c1-15-13-16(2)23-22(20(15)21(27)25-18-11-7-4-8-12-18)28-14-19(26)24-17-9-5-3-6-10-17/h4,7-8,11-13,17H,3,5-6,9-10,14H2,1-2H3,(H,24,26)(H,25,27). The van der Waals surface area contributed by atoms with Gasteiger partial charge in [0.15, 0.2) is 0 Å². The van der Waals surface area contributed by atoms with Gasteiger partial charge in [-0.1, -0.05) is 49.2 Å². The second-order valence-electron chi connectivity index (χ2n) is 7.27. The fourth-order valence-corrected chi connectivity index (χ4v) is 4.51. The van der Waals surface area contributed by atoms with Crippen LogP contribution in [-0.4, -0.2) is 28.6 Å². The molecule has 5 nitrogen and oxygen atoms in total. The number of anilines is 1. The van der Waals surface area contributed by atoms with Gasteiger partial charge in [0.05, 0.1) is 11.3 Å². The zero-order valence-electron chi connectivity index (χ0n) is 16.5. The molecule has 0 unspecified atom stereocenters. The Hall–Kier alpha value is -2.34. The molecule has 0 atom stereocenters. The first kappa shape index (κ1) is 20.4. The molecule has 1 aliphatic rings. The van der Waals surface area contributed by atoms with Crippen molar-refractivity contribution >= 4 is 29.3 Å². The van der Waals surface area contributed by atoms with Gasteiger partial charge in [0, 0.05) is 17.4 Å². The largest absolute Gasteiger partial charge is 0.353 e. The van der Waals surface area contributed by atoms with Crippen molar-refractivity contribution in [3.63, 3.8) is 0 Å². The van der Waals surface area contributed by atoms with E-state index in [4.69, 9.17) is 0 Å². The van der Waals surface area contributed by atoms with Gasteiger partial charge in [-0.2, -0.15) is 0 Å². The summed E-state index contributed by atoms with van der Waals surface area (Å²) in [6, 6.07) is 11.5. The molecule has 3 rings (SSSR count). The Labute approximate surface area is 170 Å². The molecule has 6 heteroatoms. The number of amides is 2. The fraction of sp³-hybridized carbons (Fsp3) is 0.409. The first-order valence-corrected chi connectivity index (χ1v) is 10.8. The number of rotatable bonds is 6. The van der Waals surface area contributed by atoms with Crippen LogP contribution in [0.25, 0.3) is 0 Å². The van der Waals surface area contributed by atoms with Crippen LogP contribution < -0.4 is 10.6 Å². The molecule has 1 aromatic carbocycles. The number of carbonyl (C=O) groups excluding carboxylic acids is 2. The number of aromatic nitrogens is 1. The zero-order chi connectivity index (χ0) is 19.9. The van der Waals surface area contributed by atoms with Gasteiger partial charge in [0.1, 0.15) is 5.03 Å². The Morgan fingerprint density at radius 3 is 2.54 bits per heavy atom. The van der Waals surface area contributed by atoms with Crippen LogP contribution in [-0.2, 0) is 4.79 Å². The maximum absolute atomic E-state index is 12.9. The number of nitrogens with zero attached hydrogens (tertiary/aromatic N) is 1. The third kappa shape index (κ3) is 5.58. The van der Waals surface area contributed by atoms with Gasteiger partial charge in [-0.3, -0.25) is 9.59 Å². The minimum absolute atomic E-state index is 0.00674. The van der Waals surface area contributed by atoms with Gasteiger partial charge in [-0.25, -0.2) is 4.98 Å². The van der Waals surface area contributed by atoms with Crippen molar-refractivity contribution in [2.45, 2.75) is 57.0 Å². The van der Waals surface area contributed by atoms with Gasteiger partial charge in [0.2, 0.25) is 5.91 Å². The first-order chi connectivity index (χ1) is 13.5. The molecule has 0 aliphatic heterocycles. The van der Waals surface area contributed by atoms with Crippen molar-refractivity contribution in [2.75, 3.05) is 11.1 Å². The maximum atomic E-state index is 12.9. The Kier molecular flexibility index (Phi) is 7.09. The molecule has 2 N–H and O–H groups in total. The summed E-state index contributed by atoms with van der Waals surface area (Å²) in [5.74, 6) is 0.0662.